The second kappa shape index (κ2) is 3.05. The predicted molar refractivity (Wildman–Crippen MR) is 48.3 cm³/mol. The first-order valence-corrected chi connectivity index (χ1v) is 5.11. The summed E-state index contributed by atoms with van der Waals surface area (Å²) in [6.07, 6.45) is 3.79. The Balaban J connectivity index is 2.24. The van der Waals surface area contributed by atoms with Gasteiger partial charge in [0.2, 0.25) is 0 Å². The Morgan fingerprint density at radius 3 is 2.71 bits per heavy atom. The van der Waals surface area contributed by atoms with Gasteiger partial charge in [0.15, 0.2) is 0 Å². The SMILES string of the molecule is CC1CCCC2(CC(=O)N(O)C2=O)C1. The van der Waals surface area contributed by atoms with Crippen LogP contribution in [0.5, 0.6) is 0 Å². The zero-order chi connectivity index (χ0) is 10.3. The Morgan fingerprint density at radius 2 is 2.21 bits per heavy atom. The van der Waals surface area contributed by atoms with E-state index in [-0.39, 0.29) is 12.3 Å². The van der Waals surface area contributed by atoms with Gasteiger partial charge in [-0.05, 0) is 18.8 Å². The molecule has 1 saturated carbocycles. The van der Waals surface area contributed by atoms with Crippen LogP contribution in [0.2, 0.25) is 0 Å². The van der Waals surface area contributed by atoms with Crippen LogP contribution in [0.1, 0.15) is 39.0 Å². The number of carbonyl (C=O) groups excluding carboxylic acids is 2. The number of hydroxylamine groups is 2. The summed E-state index contributed by atoms with van der Waals surface area (Å²) in [6.45, 7) is 2.10. The molecule has 1 saturated heterocycles. The van der Waals surface area contributed by atoms with Gasteiger partial charge in [-0.25, -0.2) is 0 Å². The first kappa shape index (κ1) is 9.65. The summed E-state index contributed by atoms with van der Waals surface area (Å²) in [5.74, 6) is -0.342. The summed E-state index contributed by atoms with van der Waals surface area (Å²) < 4.78 is 0. The van der Waals surface area contributed by atoms with Gasteiger partial charge in [-0.3, -0.25) is 14.8 Å². The number of hydrogen-bond acceptors (Lipinski definition) is 3. The van der Waals surface area contributed by atoms with Crippen LogP contribution in [0.4, 0.5) is 0 Å². The van der Waals surface area contributed by atoms with E-state index in [4.69, 9.17) is 0 Å². The molecule has 2 unspecified atom stereocenters. The molecule has 4 heteroatoms. The van der Waals surface area contributed by atoms with Crippen molar-refractivity contribution < 1.29 is 14.8 Å². The van der Waals surface area contributed by atoms with E-state index in [0.29, 0.717) is 11.0 Å². The Kier molecular flexibility index (Phi) is 2.10. The lowest BCUT2D eigenvalue weighted by Gasteiger charge is -2.33. The molecule has 1 N–H and O–H groups in total. The maximum atomic E-state index is 11.7. The highest BCUT2D eigenvalue weighted by atomic mass is 16.5. The van der Waals surface area contributed by atoms with Crippen molar-refractivity contribution in [2.45, 2.75) is 39.0 Å². The number of hydrogen-bond donors (Lipinski definition) is 1. The van der Waals surface area contributed by atoms with Gasteiger partial charge in [-0.1, -0.05) is 19.8 Å². The molecule has 1 aliphatic carbocycles. The van der Waals surface area contributed by atoms with Gasteiger partial charge >= 0.3 is 0 Å². The molecule has 2 rings (SSSR count). The van der Waals surface area contributed by atoms with Crippen molar-refractivity contribution in [1.29, 1.82) is 0 Å². The third kappa shape index (κ3) is 1.25. The van der Waals surface area contributed by atoms with Crippen LogP contribution in [0.3, 0.4) is 0 Å². The normalized spacial score (nSPS) is 38.4. The van der Waals surface area contributed by atoms with Crippen molar-refractivity contribution in [2.75, 3.05) is 0 Å². The third-order valence-electron chi connectivity index (χ3n) is 3.46. The molecule has 14 heavy (non-hydrogen) atoms. The molecule has 0 aromatic heterocycles. The minimum Gasteiger partial charge on any atom is -0.278 e. The van der Waals surface area contributed by atoms with Crippen LogP contribution in [-0.2, 0) is 9.59 Å². The van der Waals surface area contributed by atoms with Crippen LogP contribution in [0.25, 0.3) is 0 Å². The average molecular weight is 197 g/mol. The van der Waals surface area contributed by atoms with Gasteiger partial charge in [-0.15, -0.1) is 0 Å². The summed E-state index contributed by atoms with van der Waals surface area (Å²) in [5, 5.41) is 9.52. The number of amides is 2. The molecular weight excluding hydrogens is 182 g/mol. The maximum absolute atomic E-state index is 11.7. The first-order chi connectivity index (χ1) is 6.55. The Bertz CT molecular complexity index is 289. The van der Waals surface area contributed by atoms with Crippen molar-refractivity contribution in [1.82, 2.24) is 5.06 Å². The summed E-state index contributed by atoms with van der Waals surface area (Å²) in [6, 6.07) is 0. The highest BCUT2D eigenvalue weighted by molar-refractivity contribution is 6.04. The topological polar surface area (TPSA) is 57.6 Å². The van der Waals surface area contributed by atoms with Crippen LogP contribution in [0.15, 0.2) is 0 Å². The van der Waals surface area contributed by atoms with Crippen molar-refractivity contribution in [3.05, 3.63) is 0 Å². The van der Waals surface area contributed by atoms with Crippen LogP contribution in [0, 0.1) is 11.3 Å². The van der Waals surface area contributed by atoms with Crippen molar-refractivity contribution >= 4 is 11.8 Å². The minimum absolute atomic E-state index is 0.201. The van der Waals surface area contributed by atoms with E-state index in [0.717, 1.165) is 25.7 Å². The highest BCUT2D eigenvalue weighted by Crippen LogP contribution is 2.46. The van der Waals surface area contributed by atoms with Crippen LogP contribution < -0.4 is 0 Å². The molecule has 2 atom stereocenters. The van der Waals surface area contributed by atoms with E-state index in [1.165, 1.54) is 0 Å². The summed E-state index contributed by atoms with van der Waals surface area (Å²) >= 11 is 0. The second-order valence-electron chi connectivity index (χ2n) is 4.67. The minimum atomic E-state index is -0.566. The lowest BCUT2D eigenvalue weighted by atomic mass is 9.69. The fourth-order valence-electron chi connectivity index (χ4n) is 2.79. The van der Waals surface area contributed by atoms with E-state index < -0.39 is 11.3 Å². The van der Waals surface area contributed by atoms with Gasteiger partial charge in [0.05, 0.1) is 5.41 Å². The molecule has 1 spiro atoms. The molecule has 1 heterocycles. The smallest absolute Gasteiger partial charge is 0.260 e. The zero-order valence-electron chi connectivity index (χ0n) is 8.32. The maximum Gasteiger partial charge on any atom is 0.260 e. The highest BCUT2D eigenvalue weighted by Gasteiger charge is 2.52. The number of imide groups is 1. The fourth-order valence-corrected chi connectivity index (χ4v) is 2.79. The van der Waals surface area contributed by atoms with Crippen molar-refractivity contribution in [3.8, 4) is 0 Å². The summed E-state index contributed by atoms with van der Waals surface area (Å²) in [5.41, 5.74) is -0.566. The molecule has 0 aromatic carbocycles. The molecule has 0 bridgehead atoms. The molecule has 2 aliphatic rings. The Labute approximate surface area is 82.8 Å². The van der Waals surface area contributed by atoms with E-state index in [2.05, 4.69) is 6.92 Å². The predicted octanol–water partition coefficient (Wildman–Crippen LogP) is 1.33. The van der Waals surface area contributed by atoms with Gasteiger partial charge in [-0.2, -0.15) is 5.06 Å². The first-order valence-electron chi connectivity index (χ1n) is 5.11. The quantitative estimate of drug-likeness (QED) is 0.471. The molecular formula is C10H15NO3. The van der Waals surface area contributed by atoms with Gasteiger partial charge in [0.1, 0.15) is 0 Å². The molecule has 0 radical (unpaired) electrons. The second-order valence-corrected chi connectivity index (χ2v) is 4.67. The van der Waals surface area contributed by atoms with E-state index in [1.54, 1.807) is 0 Å². The standard InChI is InChI=1S/C10H15NO3/c1-7-3-2-4-10(5-7)6-8(12)11(14)9(10)13/h7,14H,2-6H2,1H3. The third-order valence-corrected chi connectivity index (χ3v) is 3.46. The molecule has 4 nitrogen and oxygen atoms in total. The lowest BCUT2D eigenvalue weighted by molar-refractivity contribution is -0.175. The van der Waals surface area contributed by atoms with E-state index in [9.17, 15) is 14.8 Å². The number of carbonyl (C=O) groups is 2. The largest absolute Gasteiger partial charge is 0.278 e. The summed E-state index contributed by atoms with van der Waals surface area (Å²) in [4.78, 5) is 22.9. The number of nitrogens with zero attached hydrogens (tertiary/aromatic N) is 1. The van der Waals surface area contributed by atoms with Crippen LogP contribution >= 0.6 is 0 Å². The zero-order valence-corrected chi connectivity index (χ0v) is 8.32. The van der Waals surface area contributed by atoms with E-state index >= 15 is 0 Å². The van der Waals surface area contributed by atoms with Gasteiger partial charge in [0.25, 0.3) is 11.8 Å². The Morgan fingerprint density at radius 1 is 1.50 bits per heavy atom. The van der Waals surface area contributed by atoms with E-state index in [1.807, 2.05) is 0 Å². The monoisotopic (exact) mass is 197 g/mol. The fraction of sp³-hybridized carbons (Fsp3) is 0.800. The summed E-state index contributed by atoms with van der Waals surface area (Å²) in [7, 11) is 0. The molecule has 2 fully saturated rings. The molecule has 2 amide bonds. The van der Waals surface area contributed by atoms with Crippen molar-refractivity contribution in [3.63, 3.8) is 0 Å². The number of rotatable bonds is 0. The van der Waals surface area contributed by atoms with Gasteiger partial charge < -0.3 is 0 Å². The molecule has 78 valence electrons. The molecule has 1 aliphatic heterocycles. The lowest BCUT2D eigenvalue weighted by Crippen LogP contribution is -2.36. The van der Waals surface area contributed by atoms with Gasteiger partial charge in [0, 0.05) is 6.42 Å². The van der Waals surface area contributed by atoms with Crippen molar-refractivity contribution in [2.24, 2.45) is 11.3 Å². The Hall–Kier alpha value is -0.900. The molecule has 0 aromatic rings. The van der Waals surface area contributed by atoms with Crippen LogP contribution in [-0.4, -0.2) is 22.1 Å². The average Bonchev–Trinajstić information content (AvgIpc) is 2.31.